The average molecular weight is 324 g/mol. The molecule has 0 aliphatic carbocycles. The quantitative estimate of drug-likeness (QED) is 0.682. The summed E-state index contributed by atoms with van der Waals surface area (Å²) in [4.78, 5) is 0. The molecule has 1 saturated heterocycles. The molecule has 0 bridgehead atoms. The first-order chi connectivity index (χ1) is 10.9. The molecule has 23 heavy (non-hydrogen) atoms. The first-order valence-electron chi connectivity index (χ1n) is 8.24. The molecule has 0 spiro atoms. The lowest BCUT2D eigenvalue weighted by Crippen LogP contribution is -2.26. The minimum atomic E-state index is -0.596. The summed E-state index contributed by atoms with van der Waals surface area (Å²) < 4.78 is 16.7. The smallest absolute Gasteiger partial charge is 0.163 e. The van der Waals surface area contributed by atoms with Gasteiger partial charge in [0.1, 0.15) is 0 Å². The van der Waals surface area contributed by atoms with Gasteiger partial charge in [-0.25, -0.2) is 0 Å². The fourth-order valence-corrected chi connectivity index (χ4v) is 2.69. The van der Waals surface area contributed by atoms with Crippen molar-refractivity contribution in [2.75, 3.05) is 13.2 Å². The van der Waals surface area contributed by atoms with E-state index in [1.165, 1.54) is 0 Å². The van der Waals surface area contributed by atoms with E-state index in [1.54, 1.807) is 0 Å². The molecule has 0 radical (unpaired) electrons. The summed E-state index contributed by atoms with van der Waals surface area (Å²) in [5, 5.41) is 20.0. The molecule has 5 nitrogen and oxygen atoms in total. The molecule has 1 aromatic carbocycles. The lowest BCUT2D eigenvalue weighted by atomic mass is 10.0. The number of aliphatic hydroxyl groups excluding tert-OH is 2. The molecule has 1 fully saturated rings. The fraction of sp³-hybridized carbons (Fsp3) is 0.667. The molecule has 5 heteroatoms. The number of benzene rings is 1. The third kappa shape index (κ3) is 6.97. The van der Waals surface area contributed by atoms with Gasteiger partial charge in [-0.15, -0.1) is 0 Å². The maximum Gasteiger partial charge on any atom is 0.163 e. The lowest BCUT2D eigenvalue weighted by molar-refractivity contribution is -0.141. The zero-order valence-electron chi connectivity index (χ0n) is 14.0. The maximum atomic E-state index is 10.0. The second kappa shape index (κ2) is 8.76. The van der Waals surface area contributed by atoms with Crippen molar-refractivity contribution < 1.29 is 24.4 Å². The first kappa shape index (κ1) is 18.4. The SMILES string of the molecule is CC1(C)OC[C@H](C[C@@H](O)C[C@H](O)CCOCc2ccccc2)O1. The van der Waals surface area contributed by atoms with Gasteiger partial charge in [0.05, 0.1) is 31.5 Å². The Labute approximate surface area is 138 Å². The van der Waals surface area contributed by atoms with Crippen molar-refractivity contribution in [2.24, 2.45) is 0 Å². The Bertz CT molecular complexity index is 448. The highest BCUT2D eigenvalue weighted by Crippen LogP contribution is 2.25. The standard InChI is InChI=1S/C18H28O5/c1-18(2)22-13-17(23-18)11-16(20)10-15(19)8-9-21-12-14-6-4-3-5-7-14/h3-7,15-17,19-20H,8-13H2,1-2H3/t15-,16+,17+/m1/s1. The third-order valence-corrected chi connectivity index (χ3v) is 3.85. The van der Waals surface area contributed by atoms with Crippen molar-refractivity contribution >= 4 is 0 Å². The van der Waals surface area contributed by atoms with E-state index >= 15 is 0 Å². The van der Waals surface area contributed by atoms with Gasteiger partial charge in [-0.1, -0.05) is 30.3 Å². The maximum absolute atomic E-state index is 10.0. The Morgan fingerprint density at radius 2 is 1.96 bits per heavy atom. The van der Waals surface area contributed by atoms with E-state index in [0.717, 1.165) is 5.56 Å². The molecular weight excluding hydrogens is 296 g/mol. The summed E-state index contributed by atoms with van der Waals surface area (Å²) >= 11 is 0. The summed E-state index contributed by atoms with van der Waals surface area (Å²) in [5.41, 5.74) is 1.11. The van der Waals surface area contributed by atoms with Gasteiger partial charge in [0, 0.05) is 13.0 Å². The Balaban J connectivity index is 1.56. The summed E-state index contributed by atoms with van der Waals surface area (Å²) in [7, 11) is 0. The highest BCUT2D eigenvalue weighted by molar-refractivity contribution is 5.13. The molecule has 130 valence electrons. The van der Waals surface area contributed by atoms with Gasteiger partial charge in [0.25, 0.3) is 0 Å². The number of aliphatic hydroxyl groups is 2. The molecule has 0 amide bonds. The summed E-state index contributed by atoms with van der Waals surface area (Å²) in [5.74, 6) is -0.575. The van der Waals surface area contributed by atoms with E-state index in [0.29, 0.717) is 39.1 Å². The number of hydrogen-bond acceptors (Lipinski definition) is 5. The zero-order valence-corrected chi connectivity index (χ0v) is 14.0. The van der Waals surface area contributed by atoms with Crippen molar-refractivity contribution in [1.29, 1.82) is 0 Å². The van der Waals surface area contributed by atoms with Crippen LogP contribution in [0.4, 0.5) is 0 Å². The van der Waals surface area contributed by atoms with Crippen molar-refractivity contribution in [3.8, 4) is 0 Å². The van der Waals surface area contributed by atoms with E-state index in [-0.39, 0.29) is 6.10 Å². The molecule has 0 aromatic heterocycles. The molecule has 1 aliphatic heterocycles. The summed E-state index contributed by atoms with van der Waals surface area (Å²) in [6.45, 7) is 5.22. The highest BCUT2D eigenvalue weighted by atomic mass is 16.7. The Morgan fingerprint density at radius 3 is 2.61 bits per heavy atom. The van der Waals surface area contributed by atoms with Crippen LogP contribution < -0.4 is 0 Å². The van der Waals surface area contributed by atoms with E-state index in [9.17, 15) is 10.2 Å². The van der Waals surface area contributed by atoms with Crippen molar-refractivity contribution in [1.82, 2.24) is 0 Å². The minimum Gasteiger partial charge on any atom is -0.393 e. The molecule has 2 N–H and O–H groups in total. The van der Waals surface area contributed by atoms with Crippen LogP contribution >= 0.6 is 0 Å². The van der Waals surface area contributed by atoms with E-state index in [4.69, 9.17) is 14.2 Å². The third-order valence-electron chi connectivity index (χ3n) is 3.85. The van der Waals surface area contributed by atoms with Crippen LogP contribution in [0.3, 0.4) is 0 Å². The Kier molecular flexibility index (Phi) is 6.99. The predicted octanol–water partition coefficient (Wildman–Crippen LogP) is 2.25. The van der Waals surface area contributed by atoms with Crippen molar-refractivity contribution in [3.05, 3.63) is 35.9 Å². The molecule has 1 heterocycles. The van der Waals surface area contributed by atoms with E-state index < -0.39 is 18.0 Å². The monoisotopic (exact) mass is 324 g/mol. The van der Waals surface area contributed by atoms with E-state index in [2.05, 4.69) is 0 Å². The molecule has 3 atom stereocenters. The highest BCUT2D eigenvalue weighted by Gasteiger charge is 2.33. The van der Waals surface area contributed by atoms with E-state index in [1.807, 2.05) is 44.2 Å². The number of rotatable bonds is 9. The molecule has 0 saturated carbocycles. The van der Waals surface area contributed by atoms with Gasteiger partial charge in [-0.3, -0.25) is 0 Å². The van der Waals surface area contributed by atoms with Gasteiger partial charge in [0.15, 0.2) is 5.79 Å². The molecule has 0 unspecified atom stereocenters. The fourth-order valence-electron chi connectivity index (χ4n) is 2.69. The van der Waals surface area contributed by atoms with Crippen LogP contribution in [0.25, 0.3) is 0 Å². The normalized spacial score (nSPS) is 22.9. The van der Waals surface area contributed by atoms with Gasteiger partial charge in [0.2, 0.25) is 0 Å². The number of ether oxygens (including phenoxy) is 3. The van der Waals surface area contributed by atoms with Crippen molar-refractivity contribution in [3.63, 3.8) is 0 Å². The lowest BCUT2D eigenvalue weighted by Gasteiger charge is -2.20. The van der Waals surface area contributed by atoms with Gasteiger partial charge in [-0.05, 0) is 32.3 Å². The van der Waals surface area contributed by atoms with Gasteiger partial charge < -0.3 is 24.4 Å². The Hall–Kier alpha value is -0.980. The molecule has 2 rings (SSSR count). The van der Waals surface area contributed by atoms with Crippen LogP contribution in [-0.2, 0) is 20.8 Å². The van der Waals surface area contributed by atoms with Crippen LogP contribution in [0.2, 0.25) is 0 Å². The van der Waals surface area contributed by atoms with Crippen LogP contribution in [0.1, 0.15) is 38.7 Å². The van der Waals surface area contributed by atoms with Crippen molar-refractivity contribution in [2.45, 2.75) is 63.8 Å². The summed E-state index contributed by atoms with van der Waals surface area (Å²) in [6.07, 6.45) is 0.0388. The Morgan fingerprint density at radius 1 is 1.22 bits per heavy atom. The van der Waals surface area contributed by atoms with Crippen LogP contribution in [0.5, 0.6) is 0 Å². The molecule has 1 aromatic rings. The molecular formula is C18H28O5. The van der Waals surface area contributed by atoms with Gasteiger partial charge in [-0.2, -0.15) is 0 Å². The topological polar surface area (TPSA) is 68.2 Å². The zero-order chi connectivity index (χ0) is 16.7. The summed E-state index contributed by atoms with van der Waals surface area (Å²) in [6, 6.07) is 9.92. The van der Waals surface area contributed by atoms with Crippen LogP contribution in [-0.4, -0.2) is 47.5 Å². The average Bonchev–Trinajstić information content (AvgIpc) is 2.83. The van der Waals surface area contributed by atoms with Gasteiger partial charge >= 0.3 is 0 Å². The minimum absolute atomic E-state index is 0.110. The number of hydrogen-bond donors (Lipinski definition) is 2. The molecule has 1 aliphatic rings. The van der Waals surface area contributed by atoms with Crippen LogP contribution in [0, 0.1) is 0 Å². The second-order valence-electron chi connectivity index (χ2n) is 6.56. The second-order valence-corrected chi connectivity index (χ2v) is 6.56. The largest absolute Gasteiger partial charge is 0.393 e. The van der Waals surface area contributed by atoms with Crippen LogP contribution in [0.15, 0.2) is 30.3 Å². The first-order valence-corrected chi connectivity index (χ1v) is 8.24. The predicted molar refractivity (Wildman–Crippen MR) is 86.9 cm³/mol.